The van der Waals surface area contributed by atoms with E-state index in [1.807, 2.05) is 36.4 Å². The lowest BCUT2D eigenvalue weighted by Crippen LogP contribution is -2.42. The topological polar surface area (TPSA) is 56.7 Å². The predicted molar refractivity (Wildman–Crippen MR) is 134 cm³/mol. The molecule has 0 radical (unpaired) electrons. The number of methoxy groups -OCH3 is 2. The van der Waals surface area contributed by atoms with Crippen molar-refractivity contribution in [1.82, 2.24) is 10.2 Å². The van der Waals surface area contributed by atoms with Gasteiger partial charge in [-0.1, -0.05) is 32.4 Å². The molecule has 8 heteroatoms. The van der Waals surface area contributed by atoms with Crippen molar-refractivity contribution in [3.63, 3.8) is 0 Å². The van der Waals surface area contributed by atoms with Crippen molar-refractivity contribution in [2.75, 3.05) is 32.3 Å². The second-order valence-electron chi connectivity index (χ2n) is 9.24. The Kier molecular flexibility index (Phi) is 7.32. The molecule has 0 amide bonds. The Morgan fingerprint density at radius 1 is 0.906 bits per heavy atom. The summed E-state index contributed by atoms with van der Waals surface area (Å²) in [5.41, 5.74) is 2.74. The SMILES string of the molecule is COc1cc(OC)cc(N(CCO[Si](C)(C)C(C)(C)C)c2ccc3nnc(Cl)cc3c2)c1. The quantitative estimate of drug-likeness (QED) is 0.350. The minimum absolute atomic E-state index is 0.148. The maximum Gasteiger partial charge on any atom is 0.192 e. The molecule has 1 aromatic heterocycles. The lowest BCUT2D eigenvalue weighted by molar-refractivity contribution is 0.297. The van der Waals surface area contributed by atoms with E-state index in [-0.39, 0.29) is 5.04 Å². The first-order valence-corrected chi connectivity index (χ1v) is 13.9. The van der Waals surface area contributed by atoms with E-state index in [1.54, 1.807) is 14.2 Å². The molecule has 0 bridgehead atoms. The number of fused-ring (bicyclic) bond motifs is 1. The number of hydrogen-bond acceptors (Lipinski definition) is 6. The Balaban J connectivity index is 2.00. The van der Waals surface area contributed by atoms with Crippen molar-refractivity contribution in [1.29, 1.82) is 0 Å². The van der Waals surface area contributed by atoms with Crippen molar-refractivity contribution in [2.24, 2.45) is 0 Å². The lowest BCUT2D eigenvalue weighted by Gasteiger charge is -2.37. The molecule has 2 aromatic carbocycles. The van der Waals surface area contributed by atoms with E-state index in [1.165, 1.54) is 0 Å². The molecule has 3 rings (SSSR count). The summed E-state index contributed by atoms with van der Waals surface area (Å²) >= 11 is 6.09. The summed E-state index contributed by atoms with van der Waals surface area (Å²) in [4.78, 5) is 2.20. The molecule has 0 spiro atoms. The van der Waals surface area contributed by atoms with Crippen LogP contribution >= 0.6 is 11.6 Å². The van der Waals surface area contributed by atoms with E-state index >= 15 is 0 Å². The van der Waals surface area contributed by atoms with Gasteiger partial charge in [0, 0.05) is 41.5 Å². The van der Waals surface area contributed by atoms with Gasteiger partial charge in [0.1, 0.15) is 11.5 Å². The van der Waals surface area contributed by atoms with Gasteiger partial charge in [-0.25, -0.2) is 0 Å². The molecule has 172 valence electrons. The van der Waals surface area contributed by atoms with Crippen LogP contribution in [0.15, 0.2) is 42.5 Å². The molecule has 0 saturated heterocycles. The molecule has 0 aliphatic heterocycles. The van der Waals surface area contributed by atoms with E-state index < -0.39 is 8.32 Å². The van der Waals surface area contributed by atoms with Gasteiger partial charge < -0.3 is 18.8 Å². The molecular weight excluding hydrogens is 442 g/mol. The fourth-order valence-corrected chi connectivity index (χ4v) is 4.33. The summed E-state index contributed by atoms with van der Waals surface area (Å²) in [5.74, 6) is 1.45. The van der Waals surface area contributed by atoms with Gasteiger partial charge in [-0.2, -0.15) is 0 Å². The van der Waals surface area contributed by atoms with Gasteiger partial charge in [0.2, 0.25) is 0 Å². The molecule has 0 saturated carbocycles. The highest BCUT2D eigenvalue weighted by atomic mass is 35.5. The number of halogens is 1. The molecule has 0 unspecified atom stereocenters. The third kappa shape index (κ3) is 5.52. The molecule has 0 atom stereocenters. The average Bonchev–Trinajstić information content (AvgIpc) is 2.75. The summed E-state index contributed by atoms with van der Waals surface area (Å²) < 4.78 is 17.5. The molecule has 1 heterocycles. The Bertz CT molecular complexity index is 1060. The second kappa shape index (κ2) is 9.64. The highest BCUT2D eigenvalue weighted by Gasteiger charge is 2.37. The van der Waals surface area contributed by atoms with Crippen LogP contribution in [0.25, 0.3) is 10.9 Å². The van der Waals surface area contributed by atoms with E-state index in [9.17, 15) is 0 Å². The van der Waals surface area contributed by atoms with Crippen LogP contribution in [0.5, 0.6) is 11.5 Å². The van der Waals surface area contributed by atoms with Crippen molar-refractivity contribution in [2.45, 2.75) is 38.9 Å². The fraction of sp³-hybridized carbons (Fsp3) is 0.417. The molecular formula is C24H32ClN3O3Si. The monoisotopic (exact) mass is 473 g/mol. The second-order valence-corrected chi connectivity index (χ2v) is 14.4. The van der Waals surface area contributed by atoms with Crippen LogP contribution < -0.4 is 14.4 Å². The number of anilines is 2. The fourth-order valence-electron chi connectivity index (χ4n) is 3.14. The Morgan fingerprint density at radius 2 is 1.56 bits per heavy atom. The number of benzene rings is 2. The van der Waals surface area contributed by atoms with Gasteiger partial charge in [-0.15, -0.1) is 10.2 Å². The lowest BCUT2D eigenvalue weighted by atomic mass is 10.1. The molecule has 3 aromatic rings. The Morgan fingerprint density at radius 3 is 2.16 bits per heavy atom. The number of nitrogens with zero attached hydrogens (tertiary/aromatic N) is 3. The summed E-state index contributed by atoms with van der Waals surface area (Å²) in [5, 5.41) is 9.55. The summed E-state index contributed by atoms with van der Waals surface area (Å²) in [7, 11) is 1.43. The van der Waals surface area contributed by atoms with Crippen molar-refractivity contribution >= 4 is 42.2 Å². The summed E-state index contributed by atoms with van der Waals surface area (Å²) in [6.45, 7) is 12.5. The molecule has 0 N–H and O–H groups in total. The minimum Gasteiger partial charge on any atom is -0.497 e. The first-order valence-electron chi connectivity index (χ1n) is 10.6. The predicted octanol–water partition coefficient (Wildman–Crippen LogP) is 6.46. The third-order valence-corrected chi connectivity index (χ3v) is 10.8. The Hall–Kier alpha value is -2.35. The third-order valence-electron chi connectivity index (χ3n) is 6.08. The smallest absolute Gasteiger partial charge is 0.192 e. The van der Waals surface area contributed by atoms with E-state index in [0.717, 1.165) is 33.8 Å². The van der Waals surface area contributed by atoms with Gasteiger partial charge in [0.15, 0.2) is 13.5 Å². The van der Waals surface area contributed by atoms with Gasteiger partial charge in [-0.3, -0.25) is 0 Å². The summed E-state index contributed by atoms with van der Waals surface area (Å²) in [6.07, 6.45) is 0. The van der Waals surface area contributed by atoms with Crippen LogP contribution in [0.4, 0.5) is 11.4 Å². The van der Waals surface area contributed by atoms with Crippen molar-refractivity contribution in [3.05, 3.63) is 47.6 Å². The zero-order chi connectivity index (χ0) is 23.5. The largest absolute Gasteiger partial charge is 0.497 e. The van der Waals surface area contributed by atoms with Crippen LogP contribution in [0.2, 0.25) is 23.3 Å². The number of ether oxygens (including phenoxy) is 2. The highest BCUT2D eigenvalue weighted by molar-refractivity contribution is 6.74. The van der Waals surface area contributed by atoms with Crippen molar-refractivity contribution < 1.29 is 13.9 Å². The molecule has 32 heavy (non-hydrogen) atoms. The number of rotatable bonds is 8. The van der Waals surface area contributed by atoms with Crippen LogP contribution in [-0.4, -0.2) is 45.9 Å². The zero-order valence-electron chi connectivity index (χ0n) is 19.9. The normalized spacial score (nSPS) is 12.1. The molecule has 6 nitrogen and oxygen atoms in total. The van der Waals surface area contributed by atoms with Crippen LogP contribution in [-0.2, 0) is 4.43 Å². The standard InChI is InChI=1S/C24H32ClN3O3Si/c1-24(2,3)32(6,7)31-11-10-28(19-14-20(29-4)16-21(15-19)30-5)18-8-9-22-17(12-18)13-23(25)27-26-22/h8-9,12-16H,10-11H2,1-7H3. The van der Waals surface area contributed by atoms with E-state index in [4.69, 9.17) is 25.5 Å². The average molecular weight is 474 g/mol. The zero-order valence-corrected chi connectivity index (χ0v) is 21.7. The molecule has 0 fully saturated rings. The Labute approximate surface area is 196 Å². The van der Waals surface area contributed by atoms with E-state index in [2.05, 4.69) is 55.0 Å². The van der Waals surface area contributed by atoms with Gasteiger partial charge in [0.25, 0.3) is 0 Å². The van der Waals surface area contributed by atoms with Crippen LogP contribution in [0.3, 0.4) is 0 Å². The maximum atomic E-state index is 6.48. The number of aromatic nitrogens is 2. The maximum absolute atomic E-state index is 6.48. The van der Waals surface area contributed by atoms with Gasteiger partial charge in [-0.05, 0) is 42.4 Å². The molecule has 0 aliphatic carbocycles. The van der Waals surface area contributed by atoms with Gasteiger partial charge in [0.05, 0.1) is 26.3 Å². The minimum atomic E-state index is -1.87. The summed E-state index contributed by atoms with van der Waals surface area (Å²) in [6, 6.07) is 13.7. The first kappa shape index (κ1) is 24.3. The van der Waals surface area contributed by atoms with Crippen LogP contribution in [0.1, 0.15) is 20.8 Å². The van der Waals surface area contributed by atoms with E-state index in [0.29, 0.717) is 18.3 Å². The highest BCUT2D eigenvalue weighted by Crippen LogP contribution is 2.37. The number of hydrogen-bond donors (Lipinski definition) is 0. The van der Waals surface area contributed by atoms with Crippen molar-refractivity contribution in [3.8, 4) is 11.5 Å². The van der Waals surface area contributed by atoms with Crippen LogP contribution in [0, 0.1) is 0 Å². The van der Waals surface area contributed by atoms with Gasteiger partial charge >= 0.3 is 0 Å². The molecule has 0 aliphatic rings. The first-order chi connectivity index (χ1) is 15.0.